The third-order valence-electron chi connectivity index (χ3n) is 4.69. The highest BCUT2D eigenvalue weighted by atomic mass is 16.5. The molecule has 0 bridgehead atoms. The number of carbonyl (C=O) groups is 2. The van der Waals surface area contributed by atoms with Crippen LogP contribution < -0.4 is 0 Å². The van der Waals surface area contributed by atoms with Crippen LogP contribution in [0.1, 0.15) is 27.6 Å². The summed E-state index contributed by atoms with van der Waals surface area (Å²) in [6.45, 7) is 1.61. The number of ether oxygens (including phenoxy) is 1. The van der Waals surface area contributed by atoms with Gasteiger partial charge in [0.15, 0.2) is 6.10 Å². The standard InChI is InChI=1S/C24H18O3/c1-16(23(25)17-9-3-2-4-10-17)27-24(26)22-20-13-7-5-11-18(20)15-19-12-6-8-14-21(19)22/h2-16H,1H3/t16-/m1/s1. The molecule has 0 amide bonds. The van der Waals surface area contributed by atoms with Gasteiger partial charge in [-0.15, -0.1) is 0 Å². The first-order valence-electron chi connectivity index (χ1n) is 8.86. The molecule has 0 aromatic heterocycles. The van der Waals surface area contributed by atoms with E-state index in [9.17, 15) is 9.59 Å². The van der Waals surface area contributed by atoms with Crippen molar-refractivity contribution in [2.75, 3.05) is 0 Å². The van der Waals surface area contributed by atoms with Gasteiger partial charge in [-0.2, -0.15) is 0 Å². The molecule has 3 heteroatoms. The van der Waals surface area contributed by atoms with E-state index >= 15 is 0 Å². The normalized spacial score (nSPS) is 12.0. The molecule has 4 aromatic carbocycles. The van der Waals surface area contributed by atoms with Crippen molar-refractivity contribution in [1.29, 1.82) is 0 Å². The van der Waals surface area contributed by atoms with Crippen LogP contribution in [-0.4, -0.2) is 17.9 Å². The minimum atomic E-state index is -0.863. The predicted molar refractivity (Wildman–Crippen MR) is 107 cm³/mol. The van der Waals surface area contributed by atoms with Gasteiger partial charge >= 0.3 is 5.97 Å². The monoisotopic (exact) mass is 354 g/mol. The second-order valence-corrected chi connectivity index (χ2v) is 6.47. The molecule has 0 aliphatic heterocycles. The van der Waals surface area contributed by atoms with Crippen LogP contribution in [0.25, 0.3) is 21.5 Å². The van der Waals surface area contributed by atoms with Crippen molar-refractivity contribution in [3.8, 4) is 0 Å². The fourth-order valence-electron chi connectivity index (χ4n) is 3.34. The van der Waals surface area contributed by atoms with E-state index in [0.717, 1.165) is 21.5 Å². The van der Waals surface area contributed by atoms with Gasteiger partial charge in [0.2, 0.25) is 5.78 Å². The van der Waals surface area contributed by atoms with Gasteiger partial charge < -0.3 is 4.74 Å². The lowest BCUT2D eigenvalue weighted by molar-refractivity contribution is 0.0322. The molecule has 3 nitrogen and oxygen atoms in total. The maximum Gasteiger partial charge on any atom is 0.340 e. The van der Waals surface area contributed by atoms with Crippen LogP contribution in [0.3, 0.4) is 0 Å². The summed E-state index contributed by atoms with van der Waals surface area (Å²) in [7, 11) is 0. The SMILES string of the molecule is C[C@@H](OC(=O)c1c2ccccc2cc2ccccc12)C(=O)c1ccccc1. The van der Waals surface area contributed by atoms with Crippen LogP contribution in [0, 0.1) is 0 Å². The Labute approximate surface area is 157 Å². The molecular formula is C24H18O3. The number of ketones is 1. The van der Waals surface area contributed by atoms with Gasteiger partial charge in [-0.05, 0) is 34.5 Å². The minimum absolute atomic E-state index is 0.214. The highest BCUT2D eigenvalue weighted by Gasteiger charge is 2.23. The topological polar surface area (TPSA) is 43.4 Å². The molecule has 0 unspecified atom stereocenters. The van der Waals surface area contributed by atoms with Crippen LogP contribution in [0.15, 0.2) is 84.9 Å². The number of carbonyl (C=O) groups excluding carboxylic acids is 2. The van der Waals surface area contributed by atoms with E-state index in [4.69, 9.17) is 4.74 Å². The van der Waals surface area contributed by atoms with E-state index < -0.39 is 12.1 Å². The van der Waals surface area contributed by atoms with Crippen LogP contribution in [-0.2, 0) is 4.74 Å². The molecule has 4 aromatic rings. The average Bonchev–Trinajstić information content (AvgIpc) is 2.71. The number of Topliss-reactive ketones (excluding diaryl/α,β-unsaturated/α-hetero) is 1. The number of hydrogen-bond donors (Lipinski definition) is 0. The largest absolute Gasteiger partial charge is 0.451 e. The van der Waals surface area contributed by atoms with E-state index in [2.05, 4.69) is 6.07 Å². The van der Waals surface area contributed by atoms with Gasteiger partial charge in [-0.25, -0.2) is 4.79 Å². The number of rotatable bonds is 4. The van der Waals surface area contributed by atoms with Crippen LogP contribution in [0.4, 0.5) is 0 Å². The highest BCUT2D eigenvalue weighted by Crippen LogP contribution is 2.29. The molecule has 0 aliphatic rings. The van der Waals surface area contributed by atoms with Crippen LogP contribution in [0.2, 0.25) is 0 Å². The van der Waals surface area contributed by atoms with Crippen molar-refractivity contribution in [2.45, 2.75) is 13.0 Å². The molecule has 0 aliphatic carbocycles. The van der Waals surface area contributed by atoms with E-state index in [0.29, 0.717) is 11.1 Å². The number of benzene rings is 4. The Bertz CT molecular complexity index is 1090. The molecular weight excluding hydrogens is 336 g/mol. The Hall–Kier alpha value is -3.46. The smallest absolute Gasteiger partial charge is 0.340 e. The van der Waals surface area contributed by atoms with Crippen molar-refractivity contribution in [1.82, 2.24) is 0 Å². The lowest BCUT2D eigenvalue weighted by Crippen LogP contribution is -2.24. The lowest BCUT2D eigenvalue weighted by atomic mass is 9.97. The Balaban J connectivity index is 1.74. The molecule has 132 valence electrons. The van der Waals surface area contributed by atoms with Gasteiger partial charge in [0.05, 0.1) is 5.56 Å². The molecule has 0 heterocycles. The molecule has 0 radical (unpaired) electrons. The maximum atomic E-state index is 13.0. The average molecular weight is 354 g/mol. The lowest BCUT2D eigenvalue weighted by Gasteiger charge is -2.15. The summed E-state index contributed by atoms with van der Waals surface area (Å²) in [5.41, 5.74) is 1.02. The first-order chi connectivity index (χ1) is 13.1. The summed E-state index contributed by atoms with van der Waals surface area (Å²) in [5.74, 6) is -0.701. The summed E-state index contributed by atoms with van der Waals surface area (Å²) in [5, 5.41) is 3.57. The fourth-order valence-corrected chi connectivity index (χ4v) is 3.34. The van der Waals surface area contributed by atoms with Gasteiger partial charge in [-0.1, -0.05) is 78.9 Å². The third kappa shape index (κ3) is 3.20. The predicted octanol–water partition coefficient (Wildman–Crippen LogP) is 5.42. The number of fused-ring (bicyclic) bond motifs is 2. The summed E-state index contributed by atoms with van der Waals surface area (Å²) < 4.78 is 5.58. The van der Waals surface area contributed by atoms with Crippen molar-refractivity contribution < 1.29 is 14.3 Å². The Morgan fingerprint density at radius 1 is 0.741 bits per heavy atom. The first kappa shape index (κ1) is 17.0. The van der Waals surface area contributed by atoms with Crippen molar-refractivity contribution in [2.24, 2.45) is 0 Å². The zero-order valence-corrected chi connectivity index (χ0v) is 14.9. The molecule has 0 fully saturated rings. The first-order valence-corrected chi connectivity index (χ1v) is 8.86. The fraction of sp³-hybridized carbons (Fsp3) is 0.0833. The van der Waals surface area contributed by atoms with Crippen LogP contribution in [0.5, 0.6) is 0 Å². The van der Waals surface area contributed by atoms with Gasteiger partial charge in [0, 0.05) is 5.56 Å². The molecule has 0 saturated heterocycles. The third-order valence-corrected chi connectivity index (χ3v) is 4.69. The Morgan fingerprint density at radius 2 is 1.26 bits per heavy atom. The molecule has 0 saturated carbocycles. The highest BCUT2D eigenvalue weighted by molar-refractivity contribution is 6.17. The zero-order valence-electron chi connectivity index (χ0n) is 14.9. The summed E-state index contributed by atoms with van der Waals surface area (Å²) in [6.07, 6.45) is -0.863. The van der Waals surface area contributed by atoms with Crippen molar-refractivity contribution >= 4 is 33.3 Å². The number of esters is 1. The van der Waals surface area contributed by atoms with E-state index in [1.165, 1.54) is 0 Å². The Kier molecular flexibility index (Phi) is 4.43. The minimum Gasteiger partial charge on any atom is -0.451 e. The van der Waals surface area contributed by atoms with Gasteiger partial charge in [0.25, 0.3) is 0 Å². The van der Waals surface area contributed by atoms with Gasteiger partial charge in [0.1, 0.15) is 0 Å². The van der Waals surface area contributed by atoms with E-state index in [1.54, 1.807) is 31.2 Å². The second-order valence-electron chi connectivity index (χ2n) is 6.47. The molecule has 27 heavy (non-hydrogen) atoms. The second kappa shape index (κ2) is 7.04. The van der Waals surface area contributed by atoms with E-state index in [1.807, 2.05) is 54.6 Å². The Morgan fingerprint density at radius 3 is 1.85 bits per heavy atom. The van der Waals surface area contributed by atoms with Gasteiger partial charge in [-0.3, -0.25) is 4.79 Å². The summed E-state index contributed by atoms with van der Waals surface area (Å²) in [4.78, 5) is 25.6. The molecule has 0 N–H and O–H groups in total. The van der Waals surface area contributed by atoms with Crippen LogP contribution >= 0.6 is 0 Å². The van der Waals surface area contributed by atoms with Crippen molar-refractivity contribution in [3.05, 3.63) is 96.1 Å². The number of hydrogen-bond acceptors (Lipinski definition) is 3. The maximum absolute atomic E-state index is 13.0. The molecule has 0 spiro atoms. The summed E-state index contributed by atoms with van der Waals surface area (Å²) >= 11 is 0. The quantitative estimate of drug-likeness (QED) is 0.279. The molecule has 1 atom stereocenters. The van der Waals surface area contributed by atoms with E-state index in [-0.39, 0.29) is 5.78 Å². The van der Waals surface area contributed by atoms with Crippen molar-refractivity contribution in [3.63, 3.8) is 0 Å². The molecule has 4 rings (SSSR count). The zero-order chi connectivity index (χ0) is 18.8. The summed E-state index contributed by atoms with van der Waals surface area (Å²) in [6, 6.07) is 26.3.